The highest BCUT2D eigenvalue weighted by Crippen LogP contribution is 2.20. The molecular formula is C20H16FN3O2. The summed E-state index contributed by atoms with van der Waals surface area (Å²) in [6.45, 7) is 3.33. The molecule has 2 N–H and O–H groups in total. The molecule has 26 heavy (non-hydrogen) atoms. The molecule has 3 aromatic rings. The Kier molecular flexibility index (Phi) is 5.03. The van der Waals surface area contributed by atoms with Gasteiger partial charge in [-0.3, -0.25) is 14.6 Å². The Labute approximate surface area is 149 Å². The number of amides is 2. The Hall–Kier alpha value is -3.54. The lowest BCUT2D eigenvalue weighted by Crippen LogP contribution is -2.33. The van der Waals surface area contributed by atoms with E-state index >= 15 is 0 Å². The molecule has 0 aliphatic heterocycles. The van der Waals surface area contributed by atoms with Crippen molar-refractivity contribution in [2.75, 3.05) is 11.9 Å². The van der Waals surface area contributed by atoms with Crippen LogP contribution in [0.3, 0.4) is 0 Å². The zero-order valence-corrected chi connectivity index (χ0v) is 13.8. The largest absolute Gasteiger partial charge is 0.343 e. The van der Waals surface area contributed by atoms with Crippen molar-refractivity contribution in [2.45, 2.75) is 0 Å². The minimum absolute atomic E-state index is 0.0391. The van der Waals surface area contributed by atoms with Crippen LogP contribution in [0.15, 0.2) is 67.4 Å². The van der Waals surface area contributed by atoms with E-state index in [0.717, 1.165) is 5.39 Å². The zero-order valence-electron chi connectivity index (χ0n) is 13.8. The van der Waals surface area contributed by atoms with E-state index in [0.29, 0.717) is 11.2 Å². The molecule has 2 aromatic carbocycles. The quantitative estimate of drug-likeness (QED) is 0.695. The number of nitrogens with one attached hydrogen (secondary N) is 2. The molecule has 5 nitrogen and oxygen atoms in total. The molecule has 1 heterocycles. The number of aromatic nitrogens is 1. The van der Waals surface area contributed by atoms with Crippen LogP contribution in [-0.2, 0) is 9.59 Å². The fraction of sp³-hybridized carbons (Fsp3) is 0.0500. The van der Waals surface area contributed by atoms with Gasteiger partial charge in [0.1, 0.15) is 5.82 Å². The summed E-state index contributed by atoms with van der Waals surface area (Å²) in [5.41, 5.74) is 1.27. The van der Waals surface area contributed by atoms with Crippen molar-refractivity contribution < 1.29 is 14.0 Å². The highest BCUT2D eigenvalue weighted by molar-refractivity contribution is 6.19. The van der Waals surface area contributed by atoms with E-state index in [-0.39, 0.29) is 17.7 Å². The molecule has 3 rings (SSSR count). The van der Waals surface area contributed by atoms with E-state index in [1.54, 1.807) is 24.4 Å². The lowest BCUT2D eigenvalue weighted by molar-refractivity contribution is -0.120. The molecule has 0 saturated heterocycles. The smallest absolute Gasteiger partial charge is 0.251 e. The number of hydrogen-bond donors (Lipinski definition) is 2. The number of carbonyl (C=O) groups is 2. The number of pyridine rings is 1. The maximum atomic E-state index is 13.7. The van der Waals surface area contributed by atoms with Crippen molar-refractivity contribution in [2.24, 2.45) is 0 Å². The van der Waals surface area contributed by atoms with Gasteiger partial charge in [-0.05, 0) is 18.2 Å². The van der Waals surface area contributed by atoms with Crippen LogP contribution in [0.25, 0.3) is 16.5 Å². The minimum Gasteiger partial charge on any atom is -0.343 e. The van der Waals surface area contributed by atoms with Gasteiger partial charge in [0.25, 0.3) is 5.91 Å². The van der Waals surface area contributed by atoms with Crippen LogP contribution >= 0.6 is 0 Å². The van der Waals surface area contributed by atoms with E-state index < -0.39 is 17.6 Å². The van der Waals surface area contributed by atoms with Crippen LogP contribution in [0, 0.1) is 5.82 Å². The standard InChI is InChI=1S/C20H16FN3O2/c1-13(15-8-2-3-9-16(15)21)20(26)23-12-18(25)24-17-10-4-6-14-7-5-11-22-19(14)17/h2-11H,1,12H2,(H,23,26)(H,24,25). The van der Waals surface area contributed by atoms with Gasteiger partial charge in [-0.2, -0.15) is 0 Å². The number of anilines is 1. The number of rotatable bonds is 5. The van der Waals surface area contributed by atoms with Gasteiger partial charge in [0.2, 0.25) is 5.91 Å². The van der Waals surface area contributed by atoms with Crippen LogP contribution in [0.1, 0.15) is 5.56 Å². The van der Waals surface area contributed by atoms with Gasteiger partial charge in [-0.15, -0.1) is 0 Å². The summed E-state index contributed by atoms with van der Waals surface area (Å²) >= 11 is 0. The SMILES string of the molecule is C=C(C(=O)NCC(=O)Nc1cccc2cccnc12)c1ccccc1F. The number of carbonyl (C=O) groups excluding carboxylic acids is 2. The first-order valence-corrected chi connectivity index (χ1v) is 7.92. The summed E-state index contributed by atoms with van der Waals surface area (Å²) < 4.78 is 13.7. The Morgan fingerprint density at radius 3 is 2.62 bits per heavy atom. The summed E-state index contributed by atoms with van der Waals surface area (Å²) in [6.07, 6.45) is 1.64. The molecule has 0 radical (unpaired) electrons. The van der Waals surface area contributed by atoms with Gasteiger partial charge in [0.05, 0.1) is 17.7 Å². The average molecular weight is 349 g/mol. The van der Waals surface area contributed by atoms with E-state index in [1.807, 2.05) is 18.2 Å². The summed E-state index contributed by atoms with van der Waals surface area (Å²) in [5.74, 6) is -1.57. The molecule has 2 amide bonds. The Morgan fingerprint density at radius 2 is 1.81 bits per heavy atom. The molecule has 0 aliphatic carbocycles. The number of fused-ring (bicyclic) bond motifs is 1. The Balaban J connectivity index is 1.63. The topological polar surface area (TPSA) is 71.1 Å². The van der Waals surface area contributed by atoms with Crippen molar-refractivity contribution >= 4 is 34.0 Å². The van der Waals surface area contributed by atoms with Gasteiger partial charge in [-0.1, -0.05) is 43.0 Å². The predicted molar refractivity (Wildman–Crippen MR) is 98.8 cm³/mol. The third-order valence-electron chi connectivity index (χ3n) is 3.79. The molecule has 0 atom stereocenters. The van der Waals surface area contributed by atoms with Crippen molar-refractivity contribution in [3.05, 3.63) is 78.8 Å². The highest BCUT2D eigenvalue weighted by atomic mass is 19.1. The zero-order chi connectivity index (χ0) is 18.5. The number of benzene rings is 2. The highest BCUT2D eigenvalue weighted by Gasteiger charge is 2.14. The molecule has 1 aromatic heterocycles. The van der Waals surface area contributed by atoms with Crippen LogP contribution in [-0.4, -0.2) is 23.3 Å². The van der Waals surface area contributed by atoms with Gasteiger partial charge < -0.3 is 10.6 Å². The first kappa shape index (κ1) is 17.3. The fourth-order valence-corrected chi connectivity index (χ4v) is 2.49. The van der Waals surface area contributed by atoms with E-state index in [1.165, 1.54) is 18.2 Å². The normalized spacial score (nSPS) is 10.3. The van der Waals surface area contributed by atoms with E-state index in [4.69, 9.17) is 0 Å². The molecule has 0 aliphatic rings. The summed E-state index contributed by atoms with van der Waals surface area (Å²) in [4.78, 5) is 28.5. The maximum absolute atomic E-state index is 13.7. The first-order valence-electron chi connectivity index (χ1n) is 7.92. The number of hydrogen-bond acceptors (Lipinski definition) is 3. The fourth-order valence-electron chi connectivity index (χ4n) is 2.49. The van der Waals surface area contributed by atoms with Gasteiger partial charge in [0.15, 0.2) is 0 Å². The maximum Gasteiger partial charge on any atom is 0.251 e. The molecular weight excluding hydrogens is 333 g/mol. The molecule has 0 unspecified atom stereocenters. The third-order valence-corrected chi connectivity index (χ3v) is 3.79. The molecule has 0 saturated carbocycles. The second-order valence-electron chi connectivity index (χ2n) is 5.57. The van der Waals surface area contributed by atoms with Crippen LogP contribution in [0.5, 0.6) is 0 Å². The van der Waals surface area contributed by atoms with Crippen molar-refractivity contribution in [1.29, 1.82) is 0 Å². The van der Waals surface area contributed by atoms with Gasteiger partial charge in [-0.25, -0.2) is 4.39 Å². The second-order valence-corrected chi connectivity index (χ2v) is 5.57. The van der Waals surface area contributed by atoms with E-state index in [9.17, 15) is 14.0 Å². The van der Waals surface area contributed by atoms with Crippen molar-refractivity contribution in [3.8, 4) is 0 Å². The molecule has 6 heteroatoms. The average Bonchev–Trinajstić information content (AvgIpc) is 2.66. The monoisotopic (exact) mass is 349 g/mol. The predicted octanol–water partition coefficient (Wildman–Crippen LogP) is 3.14. The number of para-hydroxylation sites is 1. The minimum atomic E-state index is -0.610. The van der Waals surface area contributed by atoms with Crippen molar-refractivity contribution in [1.82, 2.24) is 10.3 Å². The van der Waals surface area contributed by atoms with Crippen LogP contribution < -0.4 is 10.6 Å². The van der Waals surface area contributed by atoms with Crippen LogP contribution in [0.4, 0.5) is 10.1 Å². The Bertz CT molecular complexity index is 996. The molecule has 130 valence electrons. The Morgan fingerprint density at radius 1 is 1.04 bits per heavy atom. The summed E-state index contributed by atoms with van der Waals surface area (Å²) in [6, 6.07) is 14.9. The molecule has 0 fully saturated rings. The number of nitrogens with zero attached hydrogens (tertiary/aromatic N) is 1. The van der Waals surface area contributed by atoms with Gasteiger partial charge >= 0.3 is 0 Å². The van der Waals surface area contributed by atoms with E-state index in [2.05, 4.69) is 22.2 Å². The first-order chi connectivity index (χ1) is 12.6. The lowest BCUT2D eigenvalue weighted by Gasteiger charge is -2.10. The summed E-state index contributed by atoms with van der Waals surface area (Å²) in [5, 5.41) is 6.04. The van der Waals surface area contributed by atoms with Crippen LogP contribution in [0.2, 0.25) is 0 Å². The molecule has 0 bridgehead atoms. The second kappa shape index (κ2) is 7.57. The van der Waals surface area contributed by atoms with Gasteiger partial charge in [0, 0.05) is 22.7 Å². The number of halogens is 1. The summed E-state index contributed by atoms with van der Waals surface area (Å²) in [7, 11) is 0. The lowest BCUT2D eigenvalue weighted by atomic mass is 10.1. The molecule has 0 spiro atoms. The third kappa shape index (κ3) is 3.75. The van der Waals surface area contributed by atoms with Crippen molar-refractivity contribution in [3.63, 3.8) is 0 Å².